The molecule has 4 aliphatic heterocycles. The summed E-state index contributed by atoms with van der Waals surface area (Å²) in [6.45, 7) is 13.3. The lowest BCUT2D eigenvalue weighted by molar-refractivity contribution is -0.138. The normalized spacial score (nSPS) is 18.6. The predicted octanol–water partition coefficient (Wildman–Crippen LogP) is 7.73. The van der Waals surface area contributed by atoms with E-state index < -0.39 is 0 Å². The number of halogens is 1. The Morgan fingerprint density at radius 1 is 0.890 bits per heavy atom. The van der Waals surface area contributed by atoms with Crippen LogP contribution in [0.3, 0.4) is 0 Å². The molecular weight excluding hydrogens is 946 g/mol. The van der Waals surface area contributed by atoms with Crippen LogP contribution in [0.25, 0.3) is 27.8 Å². The monoisotopic (exact) mass is 1010 g/mol. The molecule has 2 aromatic heterocycles. The molecular formula is C55H60ClN11O6. The Hall–Kier alpha value is -7.42. The van der Waals surface area contributed by atoms with Crippen LogP contribution in [0.2, 0.25) is 5.02 Å². The summed E-state index contributed by atoms with van der Waals surface area (Å²) in [4.78, 5) is 47.8. The lowest BCUT2D eigenvalue weighted by Gasteiger charge is -2.42. The van der Waals surface area contributed by atoms with Crippen LogP contribution in [-0.4, -0.2) is 131 Å². The summed E-state index contributed by atoms with van der Waals surface area (Å²) in [6, 6.07) is 24.6. The van der Waals surface area contributed by atoms with Gasteiger partial charge in [0, 0.05) is 67.9 Å². The number of phenols is 2. The highest BCUT2D eigenvalue weighted by atomic mass is 35.5. The third kappa shape index (κ3) is 9.93. The minimum absolute atomic E-state index is 0.0124. The van der Waals surface area contributed by atoms with Gasteiger partial charge in [0.2, 0.25) is 11.8 Å². The Bertz CT molecular complexity index is 3090. The summed E-state index contributed by atoms with van der Waals surface area (Å²) < 4.78 is 8.01. The van der Waals surface area contributed by atoms with E-state index in [4.69, 9.17) is 26.3 Å². The third-order valence-corrected chi connectivity index (χ3v) is 15.3. The number of fused-ring (bicyclic) bond motifs is 2. The first-order valence-corrected chi connectivity index (χ1v) is 25.6. The van der Waals surface area contributed by atoms with Gasteiger partial charge in [-0.25, -0.2) is 4.57 Å². The first-order chi connectivity index (χ1) is 35.4. The summed E-state index contributed by atoms with van der Waals surface area (Å²) in [5.74, 6) is 0.663. The molecule has 2 amide bonds. The summed E-state index contributed by atoms with van der Waals surface area (Å²) in [5, 5.41) is 52.4. The molecule has 6 aromatic rings. The second kappa shape index (κ2) is 21.0. The van der Waals surface area contributed by atoms with Gasteiger partial charge < -0.3 is 39.7 Å². The molecule has 18 heteroatoms. The quantitative estimate of drug-likeness (QED) is 0.0950. The third-order valence-electron chi connectivity index (χ3n) is 15.0. The van der Waals surface area contributed by atoms with Crippen molar-refractivity contribution in [3.8, 4) is 46.7 Å². The van der Waals surface area contributed by atoms with Gasteiger partial charge in [-0.1, -0.05) is 73.5 Å². The molecule has 0 unspecified atom stereocenters. The van der Waals surface area contributed by atoms with Crippen LogP contribution < -0.4 is 14.5 Å². The number of benzene rings is 4. The van der Waals surface area contributed by atoms with Crippen LogP contribution in [0.1, 0.15) is 74.3 Å². The van der Waals surface area contributed by atoms with Crippen molar-refractivity contribution in [2.75, 3.05) is 62.2 Å². The van der Waals surface area contributed by atoms with E-state index in [1.807, 2.05) is 61.2 Å². The highest BCUT2D eigenvalue weighted by Gasteiger charge is 2.37. The smallest absolute Gasteiger partial charge is 0.319 e. The van der Waals surface area contributed by atoms with Crippen LogP contribution in [0.5, 0.6) is 23.5 Å². The number of piperidine rings is 1. The lowest BCUT2D eigenvalue weighted by Crippen LogP contribution is -2.55. The number of anilines is 2. The number of piperazine rings is 1. The van der Waals surface area contributed by atoms with Crippen molar-refractivity contribution in [2.45, 2.75) is 83.5 Å². The van der Waals surface area contributed by atoms with Gasteiger partial charge in [0.25, 0.3) is 0 Å². The van der Waals surface area contributed by atoms with Gasteiger partial charge in [-0.3, -0.25) is 14.5 Å². The topological polar surface area (TPSA) is 201 Å². The maximum Gasteiger partial charge on any atom is 0.319 e. The molecule has 10 rings (SSSR count). The van der Waals surface area contributed by atoms with Gasteiger partial charge in [0.05, 0.1) is 53.1 Å². The minimum Gasteiger partial charge on any atom is -0.508 e. The fourth-order valence-electron chi connectivity index (χ4n) is 11.2. The molecule has 0 radical (unpaired) electrons. The number of nitriles is 1. The van der Waals surface area contributed by atoms with E-state index in [9.17, 15) is 30.2 Å². The predicted molar refractivity (Wildman–Crippen MR) is 278 cm³/mol. The van der Waals surface area contributed by atoms with E-state index in [-0.39, 0.29) is 78.1 Å². The number of amides is 2. The number of hydrogen-bond donors (Lipinski definition) is 3. The second-order valence-corrected chi connectivity index (χ2v) is 20.2. The Labute approximate surface area is 429 Å². The Balaban J connectivity index is 0.803. The fourth-order valence-corrected chi connectivity index (χ4v) is 11.4. The molecule has 17 nitrogen and oxygen atoms in total. The molecule has 73 heavy (non-hydrogen) atoms. The zero-order valence-electron chi connectivity index (χ0n) is 41.2. The van der Waals surface area contributed by atoms with E-state index in [0.717, 1.165) is 77.9 Å². The Morgan fingerprint density at radius 3 is 2.42 bits per heavy atom. The zero-order valence-corrected chi connectivity index (χ0v) is 42.0. The maximum absolute atomic E-state index is 14.3. The van der Waals surface area contributed by atoms with Gasteiger partial charge >= 0.3 is 12.0 Å². The number of rotatable bonds is 13. The summed E-state index contributed by atoms with van der Waals surface area (Å²) in [6.07, 6.45) is 5.32. The number of aromatic nitrogens is 5. The number of nitrogens with zero attached hydrogens (tertiary/aromatic N) is 11. The molecule has 3 saturated heterocycles. The number of likely N-dealkylation sites (tertiary alicyclic amines) is 2. The molecule has 0 bridgehead atoms. The second-order valence-electron chi connectivity index (χ2n) is 19.8. The van der Waals surface area contributed by atoms with E-state index in [0.29, 0.717) is 74.1 Å². The average molecular weight is 1010 g/mol. The number of carbonyl (C=O) groups is 2. The highest BCUT2D eigenvalue weighted by Crippen LogP contribution is 2.40. The van der Waals surface area contributed by atoms with Crippen molar-refractivity contribution < 1.29 is 29.6 Å². The van der Waals surface area contributed by atoms with Crippen molar-refractivity contribution >= 4 is 45.7 Å². The molecule has 4 aliphatic rings. The van der Waals surface area contributed by atoms with Crippen molar-refractivity contribution in [2.24, 2.45) is 5.92 Å². The van der Waals surface area contributed by atoms with Gasteiger partial charge in [0.15, 0.2) is 5.82 Å². The molecule has 3 N–H and O–H groups in total. The van der Waals surface area contributed by atoms with E-state index in [1.54, 1.807) is 11.0 Å². The van der Waals surface area contributed by atoms with Gasteiger partial charge in [-0.2, -0.15) is 15.2 Å². The van der Waals surface area contributed by atoms with Crippen LogP contribution in [0, 0.1) is 17.2 Å². The summed E-state index contributed by atoms with van der Waals surface area (Å²) >= 11 is 6.81. The van der Waals surface area contributed by atoms with Crippen LogP contribution in [-0.2, 0) is 29.1 Å². The summed E-state index contributed by atoms with van der Waals surface area (Å²) in [5.41, 5.74) is 5.55. The number of aromatic hydroxyl groups is 3. The molecule has 2 atom stereocenters. The Morgan fingerprint density at radius 2 is 1.67 bits per heavy atom. The SMILES string of the molecule is C=CC(=O)N1CCN(c2nc(OC[C@@H]3CCCN3C(=O)C3CCN(Cc4ccc(-n5c(O)nnc5-c5cc(C(C)C)c(O)cc5O)cc4)CC3)nc3c2CCN(c2cccc4cccc(Cl)c24)C3)C[C@@H]1CC#N. The number of carbonyl (C=O) groups excluding carboxylic acids is 2. The van der Waals surface area contributed by atoms with Crippen molar-refractivity contribution in [1.29, 1.82) is 5.26 Å². The van der Waals surface area contributed by atoms with Crippen molar-refractivity contribution in [1.82, 2.24) is 39.4 Å². The van der Waals surface area contributed by atoms with Gasteiger partial charge in [-0.15, -0.1) is 5.10 Å². The van der Waals surface area contributed by atoms with E-state index in [1.165, 1.54) is 16.7 Å². The largest absolute Gasteiger partial charge is 0.508 e. The van der Waals surface area contributed by atoms with E-state index in [2.05, 4.69) is 55.7 Å². The fraction of sp³-hybridized carbons (Fsp3) is 0.400. The highest BCUT2D eigenvalue weighted by molar-refractivity contribution is 6.36. The summed E-state index contributed by atoms with van der Waals surface area (Å²) in [7, 11) is 0. The molecule has 0 aliphatic carbocycles. The maximum atomic E-state index is 14.3. The average Bonchev–Trinajstić information content (AvgIpc) is 4.04. The molecule has 4 aromatic carbocycles. The zero-order chi connectivity index (χ0) is 50.9. The van der Waals surface area contributed by atoms with Crippen LogP contribution in [0.15, 0.2) is 85.5 Å². The van der Waals surface area contributed by atoms with Gasteiger partial charge in [-0.05, 0) is 104 Å². The molecule has 0 saturated carbocycles. The van der Waals surface area contributed by atoms with Crippen LogP contribution in [0.4, 0.5) is 11.5 Å². The number of ether oxygens (including phenoxy) is 1. The molecule has 378 valence electrons. The first kappa shape index (κ1) is 49.2. The standard InChI is InChI=1S/C55H60ClN11O6/c1-4-49(70)65-27-26-64(31-39(65)17-21-57)51-41-20-25-63(46-12-6-9-36-8-5-11-44(56)50(36)46)32-45(41)58-54(59-51)73-33-40-10-7-22-66(40)53(71)37-18-23-62(24-19-37)30-35-13-15-38(16-14-35)67-52(60-61-55(67)72)43-28-42(34(2)3)47(68)29-48(43)69/h4-6,8-9,11-16,28-29,34,37,39-40,68-69H,1,7,10,17-20,22-27,30-33H2,2-3H3,(H,61,72)/t39-,40-/m0/s1. The van der Waals surface area contributed by atoms with Crippen LogP contribution >= 0.6 is 11.6 Å². The number of hydrogen-bond acceptors (Lipinski definition) is 14. The molecule has 6 heterocycles. The minimum atomic E-state index is -0.333. The van der Waals surface area contributed by atoms with Crippen molar-refractivity contribution in [3.63, 3.8) is 0 Å². The first-order valence-electron chi connectivity index (χ1n) is 25.2. The van der Waals surface area contributed by atoms with Gasteiger partial charge in [0.1, 0.15) is 23.9 Å². The Kier molecular flexibility index (Phi) is 14.1. The van der Waals surface area contributed by atoms with E-state index >= 15 is 0 Å². The molecule has 3 fully saturated rings. The lowest BCUT2D eigenvalue weighted by atomic mass is 9.94. The number of phenolic OH excluding ortho intramolecular Hbond substituents is 2. The molecule has 0 spiro atoms. The van der Waals surface area contributed by atoms with Crippen molar-refractivity contribution in [3.05, 3.63) is 113 Å².